The molecule has 1 unspecified atom stereocenters. The summed E-state index contributed by atoms with van der Waals surface area (Å²) in [5.74, 6) is -1.66. The number of alkyl carbamates (subject to hydrolysis) is 1. The van der Waals surface area contributed by atoms with Gasteiger partial charge in [0, 0.05) is 24.8 Å². The van der Waals surface area contributed by atoms with Gasteiger partial charge in [0.05, 0.1) is 0 Å². The molecular formula is C23H37N5O8. The summed E-state index contributed by atoms with van der Waals surface area (Å²) in [5, 5.41) is 18.7. The lowest BCUT2D eigenvalue weighted by Gasteiger charge is -2.27. The van der Waals surface area contributed by atoms with Crippen LogP contribution in [0.3, 0.4) is 0 Å². The van der Waals surface area contributed by atoms with Crippen molar-refractivity contribution in [3.05, 3.63) is 34.1 Å². The predicted molar refractivity (Wildman–Crippen MR) is 130 cm³/mol. The number of hydrogen-bond acceptors (Lipinski definition) is 8. The summed E-state index contributed by atoms with van der Waals surface area (Å²) in [6, 6.07) is -2.87. The molecule has 0 saturated heterocycles. The van der Waals surface area contributed by atoms with E-state index in [9.17, 15) is 29.3 Å². The smallest absolute Gasteiger partial charge is 0.408 e. The number of primary amides is 1. The SMILES string of the molecule is CC(C)[C@H](NC(=O)OC(C)(C)C)C(=O)N[C@@H](CCCNC(N)=O)C(=O)OC1=CCC(C)([N+](=O)[O-])C=C1. The molecule has 1 aliphatic carbocycles. The number of carbonyl (C=O) groups is 4. The second kappa shape index (κ2) is 12.9. The highest BCUT2D eigenvalue weighted by Gasteiger charge is 2.36. The molecule has 0 heterocycles. The van der Waals surface area contributed by atoms with Gasteiger partial charge < -0.3 is 31.2 Å². The maximum absolute atomic E-state index is 13.0. The maximum Gasteiger partial charge on any atom is 0.408 e. The Morgan fingerprint density at radius 3 is 2.33 bits per heavy atom. The monoisotopic (exact) mass is 511 g/mol. The topological polar surface area (TPSA) is 192 Å². The van der Waals surface area contributed by atoms with E-state index in [0.717, 1.165) is 0 Å². The van der Waals surface area contributed by atoms with Gasteiger partial charge in [-0.2, -0.15) is 0 Å². The fourth-order valence-electron chi connectivity index (χ4n) is 3.10. The van der Waals surface area contributed by atoms with Crippen molar-refractivity contribution in [1.82, 2.24) is 16.0 Å². The van der Waals surface area contributed by atoms with E-state index in [-0.39, 0.29) is 37.5 Å². The van der Waals surface area contributed by atoms with Crippen molar-refractivity contribution >= 4 is 24.0 Å². The van der Waals surface area contributed by atoms with Crippen LogP contribution in [0, 0.1) is 16.0 Å². The molecule has 13 nitrogen and oxygen atoms in total. The van der Waals surface area contributed by atoms with E-state index in [0.29, 0.717) is 0 Å². The van der Waals surface area contributed by atoms with E-state index in [1.54, 1.807) is 34.6 Å². The molecule has 0 aliphatic heterocycles. The Labute approximate surface area is 210 Å². The third-order valence-corrected chi connectivity index (χ3v) is 5.15. The number of hydrogen-bond donors (Lipinski definition) is 4. The Morgan fingerprint density at radius 2 is 1.86 bits per heavy atom. The third kappa shape index (κ3) is 10.3. The van der Waals surface area contributed by atoms with Gasteiger partial charge in [0.15, 0.2) is 0 Å². The van der Waals surface area contributed by atoms with Gasteiger partial charge in [0.25, 0.3) is 0 Å². The first-order valence-corrected chi connectivity index (χ1v) is 11.6. The zero-order chi connectivity index (χ0) is 27.7. The number of nitrogens with two attached hydrogens (primary N) is 1. The van der Waals surface area contributed by atoms with Crippen molar-refractivity contribution in [2.45, 2.75) is 84.0 Å². The molecule has 0 saturated carbocycles. The Kier molecular flexibility index (Phi) is 10.9. The Balaban J connectivity index is 2.95. The van der Waals surface area contributed by atoms with Crippen LogP contribution in [0.4, 0.5) is 9.59 Å². The fourth-order valence-corrected chi connectivity index (χ4v) is 3.10. The largest absolute Gasteiger partial charge is 0.444 e. The molecule has 4 amide bonds. The molecule has 0 aromatic rings. The van der Waals surface area contributed by atoms with Crippen molar-refractivity contribution in [1.29, 1.82) is 0 Å². The summed E-state index contributed by atoms with van der Waals surface area (Å²) < 4.78 is 10.6. The number of nitrogens with zero attached hydrogens (tertiary/aromatic N) is 1. The van der Waals surface area contributed by atoms with Crippen molar-refractivity contribution in [2.24, 2.45) is 11.7 Å². The maximum atomic E-state index is 13.0. The summed E-state index contributed by atoms with van der Waals surface area (Å²) in [4.78, 5) is 59.8. The minimum absolute atomic E-state index is 0.0217. The van der Waals surface area contributed by atoms with Gasteiger partial charge in [-0.1, -0.05) is 13.8 Å². The number of urea groups is 1. The molecule has 0 aromatic carbocycles. The van der Waals surface area contributed by atoms with Crippen LogP contribution in [0.1, 0.15) is 60.8 Å². The molecule has 13 heteroatoms. The van der Waals surface area contributed by atoms with E-state index in [2.05, 4.69) is 16.0 Å². The molecule has 36 heavy (non-hydrogen) atoms. The minimum atomic E-state index is -1.30. The van der Waals surface area contributed by atoms with E-state index >= 15 is 0 Å². The van der Waals surface area contributed by atoms with Crippen LogP contribution in [-0.2, 0) is 19.1 Å². The molecule has 0 spiro atoms. The van der Waals surface area contributed by atoms with Gasteiger partial charge in [0.2, 0.25) is 11.4 Å². The first-order chi connectivity index (χ1) is 16.5. The average molecular weight is 512 g/mol. The zero-order valence-electron chi connectivity index (χ0n) is 21.6. The lowest BCUT2D eigenvalue weighted by Crippen LogP contribution is -2.54. The van der Waals surface area contributed by atoms with Gasteiger partial charge in [-0.25, -0.2) is 14.4 Å². The summed E-state index contributed by atoms with van der Waals surface area (Å²) in [6.45, 7) is 10.1. The second-order valence-electron chi connectivity index (χ2n) is 10.0. The normalized spacial score (nSPS) is 18.9. The highest BCUT2D eigenvalue weighted by molar-refractivity contribution is 5.90. The van der Waals surface area contributed by atoms with Crippen LogP contribution in [-0.4, -0.2) is 58.7 Å². The molecule has 3 atom stereocenters. The first-order valence-electron chi connectivity index (χ1n) is 11.6. The van der Waals surface area contributed by atoms with Crippen LogP contribution in [0.2, 0.25) is 0 Å². The van der Waals surface area contributed by atoms with Crippen LogP contribution < -0.4 is 21.7 Å². The van der Waals surface area contributed by atoms with E-state index in [1.165, 1.54) is 25.2 Å². The molecule has 1 rings (SSSR count). The lowest BCUT2D eigenvalue weighted by atomic mass is 9.94. The Hall–Kier alpha value is -3.64. The van der Waals surface area contributed by atoms with Crippen molar-refractivity contribution in [3.63, 3.8) is 0 Å². The van der Waals surface area contributed by atoms with Crippen LogP contribution in [0.25, 0.3) is 0 Å². The van der Waals surface area contributed by atoms with Crippen molar-refractivity contribution < 1.29 is 33.6 Å². The number of nitrogens with one attached hydrogen (secondary N) is 3. The van der Waals surface area contributed by atoms with Crippen molar-refractivity contribution in [2.75, 3.05) is 6.54 Å². The molecule has 0 bridgehead atoms. The van der Waals surface area contributed by atoms with Gasteiger partial charge in [0.1, 0.15) is 23.4 Å². The highest BCUT2D eigenvalue weighted by atomic mass is 16.6. The number of allylic oxidation sites excluding steroid dienone is 1. The summed E-state index contributed by atoms with van der Waals surface area (Å²) >= 11 is 0. The van der Waals surface area contributed by atoms with E-state index in [4.69, 9.17) is 15.2 Å². The van der Waals surface area contributed by atoms with Gasteiger partial charge >= 0.3 is 18.1 Å². The summed E-state index contributed by atoms with van der Waals surface area (Å²) in [5.41, 5.74) is 2.98. The van der Waals surface area contributed by atoms with Gasteiger partial charge in [-0.15, -0.1) is 0 Å². The summed E-state index contributed by atoms with van der Waals surface area (Å²) in [7, 11) is 0. The molecule has 1 aliphatic rings. The number of carbonyl (C=O) groups excluding carboxylic acids is 4. The van der Waals surface area contributed by atoms with Crippen molar-refractivity contribution in [3.8, 4) is 0 Å². The zero-order valence-corrected chi connectivity index (χ0v) is 21.6. The molecule has 202 valence electrons. The van der Waals surface area contributed by atoms with Crippen LogP contribution in [0.15, 0.2) is 24.0 Å². The third-order valence-electron chi connectivity index (χ3n) is 5.15. The number of amides is 4. The fraction of sp³-hybridized carbons (Fsp3) is 0.652. The van der Waals surface area contributed by atoms with E-state index < -0.39 is 52.1 Å². The predicted octanol–water partition coefficient (Wildman–Crippen LogP) is 1.89. The number of nitro groups is 1. The van der Waals surface area contributed by atoms with Gasteiger partial charge in [-0.3, -0.25) is 14.9 Å². The Bertz CT molecular complexity index is 909. The number of rotatable bonds is 11. The van der Waals surface area contributed by atoms with E-state index in [1.807, 2.05) is 0 Å². The number of esters is 1. The van der Waals surface area contributed by atoms with Crippen LogP contribution >= 0.6 is 0 Å². The second-order valence-corrected chi connectivity index (χ2v) is 10.0. The first kappa shape index (κ1) is 30.4. The Morgan fingerprint density at radius 1 is 1.22 bits per heavy atom. The average Bonchev–Trinajstić information content (AvgIpc) is 2.73. The molecule has 0 radical (unpaired) electrons. The highest BCUT2D eigenvalue weighted by Crippen LogP contribution is 2.24. The van der Waals surface area contributed by atoms with Gasteiger partial charge in [-0.05, 0) is 57.8 Å². The standard InChI is InChI=1S/C23H37N5O8/c1-14(2)17(27-21(32)36-22(3,4)5)18(29)26-16(8-7-13-25-20(24)31)19(30)35-15-9-11-23(6,12-10-15)28(33)34/h9-11,14,16-17H,7-8,12-13H2,1-6H3,(H,26,29)(H,27,32)(H3,24,25,31)/t16-,17-,23?/m0/s1. The molecular weight excluding hydrogens is 474 g/mol. The molecule has 5 N–H and O–H groups in total. The quantitative estimate of drug-likeness (QED) is 0.140. The van der Waals surface area contributed by atoms with Crippen LogP contribution in [0.5, 0.6) is 0 Å². The molecule has 0 fully saturated rings. The lowest BCUT2D eigenvalue weighted by molar-refractivity contribution is -0.549. The summed E-state index contributed by atoms with van der Waals surface area (Å²) in [6.07, 6.45) is 3.70. The molecule has 0 aromatic heterocycles. The number of ether oxygens (including phenoxy) is 2. The minimum Gasteiger partial charge on any atom is -0.444 e.